The molecule has 0 aliphatic carbocycles. The highest BCUT2D eigenvalue weighted by molar-refractivity contribution is 5.81. The molecule has 0 N–H and O–H groups in total. The number of hydrogen-bond donors (Lipinski definition) is 0. The molecule has 1 fully saturated rings. The summed E-state index contributed by atoms with van der Waals surface area (Å²) in [6.07, 6.45) is 3.08. The summed E-state index contributed by atoms with van der Waals surface area (Å²) in [6, 6.07) is 5.90. The number of aryl methyl sites for hydroxylation is 2. The normalized spacial score (nSPS) is 15.8. The van der Waals surface area contributed by atoms with Crippen molar-refractivity contribution in [2.45, 2.75) is 13.5 Å². The Kier molecular flexibility index (Phi) is 4.01. The van der Waals surface area contributed by atoms with E-state index in [9.17, 15) is 4.79 Å². The van der Waals surface area contributed by atoms with Crippen LogP contribution in [0.2, 0.25) is 0 Å². The fraction of sp³-hybridized carbons (Fsp3) is 0.389. The number of fused-ring (bicyclic) bond motifs is 1. The van der Waals surface area contributed by atoms with Gasteiger partial charge in [0.15, 0.2) is 6.39 Å². The summed E-state index contributed by atoms with van der Waals surface area (Å²) < 4.78 is 6.78. The third-order valence-electron chi connectivity index (χ3n) is 4.86. The van der Waals surface area contributed by atoms with E-state index in [-0.39, 0.29) is 5.56 Å². The summed E-state index contributed by atoms with van der Waals surface area (Å²) >= 11 is 0. The molecule has 0 radical (unpaired) electrons. The summed E-state index contributed by atoms with van der Waals surface area (Å²) in [4.78, 5) is 25.5. The monoisotopic (exact) mass is 339 g/mol. The van der Waals surface area contributed by atoms with Crippen molar-refractivity contribution in [2.24, 2.45) is 7.05 Å². The van der Waals surface area contributed by atoms with Gasteiger partial charge in [0, 0.05) is 45.5 Å². The van der Waals surface area contributed by atoms with Crippen LogP contribution in [0.4, 0.5) is 5.69 Å². The van der Waals surface area contributed by atoms with Crippen LogP contribution < -0.4 is 10.5 Å². The van der Waals surface area contributed by atoms with Gasteiger partial charge in [0.2, 0.25) is 0 Å². The zero-order chi connectivity index (χ0) is 17.4. The molecule has 2 aromatic heterocycles. The lowest BCUT2D eigenvalue weighted by molar-refractivity contribution is 0.246. The van der Waals surface area contributed by atoms with Crippen molar-refractivity contribution in [2.75, 3.05) is 31.1 Å². The molecule has 3 heterocycles. The summed E-state index contributed by atoms with van der Waals surface area (Å²) in [5.74, 6) is 0.893. The molecular weight excluding hydrogens is 318 g/mol. The maximum Gasteiger partial charge on any atom is 0.260 e. The van der Waals surface area contributed by atoms with E-state index in [1.807, 2.05) is 25.1 Å². The van der Waals surface area contributed by atoms with E-state index in [1.54, 1.807) is 13.4 Å². The Balaban J connectivity index is 1.47. The standard InChI is InChI=1S/C18H21N5O2/c1-13-17(20-12-25-13)10-22-5-7-23(8-6-22)14-3-4-15-16(9-14)19-11-21(2)18(15)24/h3-4,9,11-12H,5-8,10H2,1-2H3. The zero-order valence-corrected chi connectivity index (χ0v) is 14.5. The van der Waals surface area contributed by atoms with Gasteiger partial charge in [-0.3, -0.25) is 9.69 Å². The lowest BCUT2D eigenvalue weighted by atomic mass is 10.2. The highest BCUT2D eigenvalue weighted by atomic mass is 16.3. The van der Waals surface area contributed by atoms with Crippen molar-refractivity contribution < 1.29 is 4.42 Å². The Labute approximate surface area is 145 Å². The van der Waals surface area contributed by atoms with E-state index in [2.05, 4.69) is 19.8 Å². The first-order valence-electron chi connectivity index (χ1n) is 8.43. The zero-order valence-electron chi connectivity index (χ0n) is 14.5. The molecule has 3 aromatic rings. The third-order valence-corrected chi connectivity index (χ3v) is 4.86. The average molecular weight is 339 g/mol. The van der Waals surface area contributed by atoms with Crippen LogP contribution in [0.25, 0.3) is 10.9 Å². The van der Waals surface area contributed by atoms with Crippen molar-refractivity contribution in [3.63, 3.8) is 0 Å². The predicted molar refractivity (Wildman–Crippen MR) is 95.7 cm³/mol. The van der Waals surface area contributed by atoms with Gasteiger partial charge in [0.05, 0.1) is 22.9 Å². The van der Waals surface area contributed by atoms with E-state index in [4.69, 9.17) is 4.42 Å². The Morgan fingerprint density at radius 3 is 2.68 bits per heavy atom. The molecule has 0 atom stereocenters. The van der Waals surface area contributed by atoms with Gasteiger partial charge in [-0.1, -0.05) is 0 Å². The molecule has 0 saturated carbocycles. The van der Waals surface area contributed by atoms with Gasteiger partial charge in [-0.25, -0.2) is 9.97 Å². The number of piperazine rings is 1. The van der Waals surface area contributed by atoms with E-state index in [0.717, 1.165) is 55.4 Å². The van der Waals surface area contributed by atoms with Crippen LogP contribution >= 0.6 is 0 Å². The molecule has 0 bridgehead atoms. The molecule has 7 nitrogen and oxygen atoms in total. The fourth-order valence-electron chi connectivity index (χ4n) is 3.25. The molecule has 0 spiro atoms. The van der Waals surface area contributed by atoms with Crippen LogP contribution in [0.3, 0.4) is 0 Å². The minimum atomic E-state index is -0.00986. The van der Waals surface area contributed by atoms with E-state index in [1.165, 1.54) is 11.0 Å². The van der Waals surface area contributed by atoms with E-state index < -0.39 is 0 Å². The van der Waals surface area contributed by atoms with Crippen LogP contribution in [-0.4, -0.2) is 45.6 Å². The second kappa shape index (κ2) is 6.33. The maximum atomic E-state index is 12.1. The summed E-state index contributed by atoms with van der Waals surface area (Å²) in [5.41, 5.74) is 2.87. The number of hydrogen-bond acceptors (Lipinski definition) is 6. The Hall–Kier alpha value is -2.67. The smallest absolute Gasteiger partial charge is 0.260 e. The van der Waals surface area contributed by atoms with Gasteiger partial charge in [-0.05, 0) is 25.1 Å². The number of oxazole rings is 1. The van der Waals surface area contributed by atoms with Crippen molar-refractivity contribution in [1.29, 1.82) is 0 Å². The second-order valence-electron chi connectivity index (χ2n) is 6.48. The Bertz CT molecular complexity index is 953. The first-order valence-corrected chi connectivity index (χ1v) is 8.43. The van der Waals surface area contributed by atoms with Crippen LogP contribution in [0.1, 0.15) is 11.5 Å². The first kappa shape index (κ1) is 15.8. The number of anilines is 1. The van der Waals surface area contributed by atoms with Gasteiger partial charge >= 0.3 is 0 Å². The SMILES string of the molecule is Cc1ocnc1CN1CCN(c2ccc3c(=O)n(C)cnc3c2)CC1. The van der Waals surface area contributed by atoms with Gasteiger partial charge in [0.25, 0.3) is 5.56 Å². The highest BCUT2D eigenvalue weighted by Gasteiger charge is 2.19. The van der Waals surface area contributed by atoms with Crippen LogP contribution in [0.15, 0.2) is 40.1 Å². The predicted octanol–water partition coefficient (Wildman–Crippen LogP) is 1.55. The second-order valence-corrected chi connectivity index (χ2v) is 6.48. The molecule has 0 unspecified atom stereocenters. The summed E-state index contributed by atoms with van der Waals surface area (Å²) in [5, 5.41) is 0.661. The topological polar surface area (TPSA) is 67.4 Å². The van der Waals surface area contributed by atoms with Gasteiger partial charge < -0.3 is 13.9 Å². The fourth-order valence-corrected chi connectivity index (χ4v) is 3.25. The average Bonchev–Trinajstić information content (AvgIpc) is 3.03. The van der Waals surface area contributed by atoms with Crippen molar-refractivity contribution >= 4 is 16.6 Å². The van der Waals surface area contributed by atoms with Crippen LogP contribution in [0, 0.1) is 6.92 Å². The molecule has 1 aliphatic heterocycles. The molecular formula is C18H21N5O2. The summed E-state index contributed by atoms with van der Waals surface area (Å²) in [6.45, 7) is 6.58. The van der Waals surface area contributed by atoms with Crippen LogP contribution in [-0.2, 0) is 13.6 Å². The van der Waals surface area contributed by atoms with Crippen molar-refractivity contribution in [3.05, 3.63) is 52.7 Å². The van der Waals surface area contributed by atoms with Crippen molar-refractivity contribution in [3.8, 4) is 0 Å². The number of benzene rings is 1. The largest absolute Gasteiger partial charge is 0.448 e. The molecule has 0 amide bonds. The molecule has 7 heteroatoms. The molecule has 25 heavy (non-hydrogen) atoms. The summed E-state index contributed by atoms with van der Waals surface area (Å²) in [7, 11) is 1.72. The van der Waals surface area contributed by atoms with E-state index >= 15 is 0 Å². The minimum Gasteiger partial charge on any atom is -0.448 e. The number of rotatable bonds is 3. The van der Waals surface area contributed by atoms with Crippen molar-refractivity contribution in [1.82, 2.24) is 19.4 Å². The third kappa shape index (κ3) is 3.02. The van der Waals surface area contributed by atoms with Gasteiger partial charge in [-0.2, -0.15) is 0 Å². The van der Waals surface area contributed by atoms with Gasteiger partial charge in [-0.15, -0.1) is 0 Å². The molecule has 1 saturated heterocycles. The van der Waals surface area contributed by atoms with Crippen LogP contribution in [0.5, 0.6) is 0 Å². The minimum absolute atomic E-state index is 0.00986. The lowest BCUT2D eigenvalue weighted by Crippen LogP contribution is -2.46. The maximum absolute atomic E-state index is 12.1. The quantitative estimate of drug-likeness (QED) is 0.721. The molecule has 1 aliphatic rings. The molecule has 4 rings (SSSR count). The molecule has 1 aromatic carbocycles. The number of aromatic nitrogens is 3. The number of nitrogens with zero attached hydrogens (tertiary/aromatic N) is 5. The first-order chi connectivity index (χ1) is 12.1. The molecule has 130 valence electrons. The Morgan fingerprint density at radius 1 is 1.16 bits per heavy atom. The lowest BCUT2D eigenvalue weighted by Gasteiger charge is -2.35. The highest BCUT2D eigenvalue weighted by Crippen LogP contribution is 2.21. The van der Waals surface area contributed by atoms with E-state index in [0.29, 0.717) is 5.39 Å². The Morgan fingerprint density at radius 2 is 1.96 bits per heavy atom. The van der Waals surface area contributed by atoms with Gasteiger partial charge in [0.1, 0.15) is 5.76 Å².